The van der Waals surface area contributed by atoms with Crippen LogP contribution in [0.15, 0.2) is 48.6 Å². The lowest BCUT2D eigenvalue weighted by atomic mass is 10.1. The summed E-state index contributed by atoms with van der Waals surface area (Å²) in [5, 5.41) is 10.5. The monoisotopic (exact) mass is 256 g/mol. The third-order valence-corrected chi connectivity index (χ3v) is 2.65. The van der Waals surface area contributed by atoms with Crippen molar-refractivity contribution in [3.8, 4) is 5.75 Å². The predicted molar refractivity (Wildman–Crippen MR) is 71.4 cm³/mol. The molecule has 0 saturated heterocycles. The first kappa shape index (κ1) is 12.8. The Bertz CT molecular complexity index is 686. The zero-order valence-corrected chi connectivity index (χ0v) is 10.3. The average Bonchev–Trinajstić information content (AvgIpc) is 2.38. The first-order valence-corrected chi connectivity index (χ1v) is 5.63. The second kappa shape index (κ2) is 4.94. The van der Waals surface area contributed by atoms with Crippen molar-refractivity contribution >= 4 is 22.7 Å². The molecule has 0 aromatic heterocycles. The highest BCUT2D eigenvalue weighted by atomic mass is 16.5. The molecule has 0 aliphatic carbocycles. The lowest BCUT2D eigenvalue weighted by Crippen LogP contribution is -2.12. The second-order valence-electron chi connectivity index (χ2n) is 4.14. The maximum absolute atomic E-state index is 11.6. The Morgan fingerprint density at radius 3 is 2.47 bits per heavy atom. The molecule has 0 radical (unpaired) electrons. The van der Waals surface area contributed by atoms with Gasteiger partial charge in [0.1, 0.15) is 5.56 Å². The van der Waals surface area contributed by atoms with Crippen molar-refractivity contribution in [2.45, 2.75) is 6.92 Å². The molecule has 0 atom stereocenters. The molecule has 2 aromatic carbocycles. The molecular weight excluding hydrogens is 244 g/mol. The van der Waals surface area contributed by atoms with Crippen LogP contribution in [0.4, 0.5) is 0 Å². The molecule has 0 bridgehead atoms. The molecule has 0 fully saturated rings. The Morgan fingerprint density at radius 2 is 1.84 bits per heavy atom. The highest BCUT2D eigenvalue weighted by molar-refractivity contribution is 6.03. The molecule has 0 spiro atoms. The van der Waals surface area contributed by atoms with Gasteiger partial charge in [-0.15, -0.1) is 0 Å². The van der Waals surface area contributed by atoms with Crippen molar-refractivity contribution in [2.24, 2.45) is 0 Å². The average molecular weight is 256 g/mol. The van der Waals surface area contributed by atoms with E-state index in [1.54, 1.807) is 18.2 Å². The number of rotatable bonds is 3. The smallest absolute Gasteiger partial charge is 0.339 e. The summed E-state index contributed by atoms with van der Waals surface area (Å²) in [5.41, 5.74) is 0.164. The Balaban J connectivity index is 2.65. The molecule has 0 aliphatic rings. The van der Waals surface area contributed by atoms with Gasteiger partial charge in [-0.1, -0.05) is 36.9 Å². The van der Waals surface area contributed by atoms with E-state index < -0.39 is 11.9 Å². The van der Waals surface area contributed by atoms with Crippen molar-refractivity contribution in [2.75, 3.05) is 0 Å². The molecule has 0 amide bonds. The first-order chi connectivity index (χ1) is 9.00. The van der Waals surface area contributed by atoms with Crippen molar-refractivity contribution in [3.63, 3.8) is 0 Å². The summed E-state index contributed by atoms with van der Waals surface area (Å²) < 4.78 is 5.16. The second-order valence-corrected chi connectivity index (χ2v) is 4.14. The van der Waals surface area contributed by atoms with Crippen LogP contribution < -0.4 is 4.74 Å². The van der Waals surface area contributed by atoms with E-state index in [9.17, 15) is 9.59 Å². The molecule has 19 heavy (non-hydrogen) atoms. The third-order valence-electron chi connectivity index (χ3n) is 2.65. The van der Waals surface area contributed by atoms with Crippen LogP contribution in [0.25, 0.3) is 10.8 Å². The molecule has 0 heterocycles. The van der Waals surface area contributed by atoms with Gasteiger partial charge in [0.2, 0.25) is 0 Å². The molecule has 0 saturated carbocycles. The van der Waals surface area contributed by atoms with Gasteiger partial charge in [-0.3, -0.25) is 0 Å². The number of hydrogen-bond acceptors (Lipinski definition) is 3. The van der Waals surface area contributed by atoms with Gasteiger partial charge in [-0.25, -0.2) is 9.59 Å². The number of hydrogen-bond donors (Lipinski definition) is 1. The predicted octanol–water partition coefficient (Wildman–Crippen LogP) is 3.02. The molecule has 4 heteroatoms. The number of fused-ring (bicyclic) bond motifs is 1. The van der Waals surface area contributed by atoms with Crippen molar-refractivity contribution in [3.05, 3.63) is 54.1 Å². The SMILES string of the molecule is C=C(C)C(=O)Oc1c(C(=O)O)ccc2ccccc12. The highest BCUT2D eigenvalue weighted by Crippen LogP contribution is 2.30. The van der Waals surface area contributed by atoms with Gasteiger partial charge in [0.05, 0.1) is 0 Å². The summed E-state index contributed by atoms with van der Waals surface area (Å²) in [6, 6.07) is 10.2. The quantitative estimate of drug-likeness (QED) is 0.521. The van der Waals surface area contributed by atoms with Gasteiger partial charge in [0.15, 0.2) is 5.75 Å². The van der Waals surface area contributed by atoms with Crippen molar-refractivity contribution in [1.29, 1.82) is 0 Å². The van der Waals surface area contributed by atoms with Gasteiger partial charge in [-0.2, -0.15) is 0 Å². The summed E-state index contributed by atoms with van der Waals surface area (Å²) in [7, 11) is 0. The van der Waals surface area contributed by atoms with Crippen molar-refractivity contribution in [1.82, 2.24) is 0 Å². The maximum Gasteiger partial charge on any atom is 0.339 e. The normalized spacial score (nSPS) is 10.2. The molecule has 2 aromatic rings. The van der Waals surface area contributed by atoms with Crippen LogP contribution in [-0.4, -0.2) is 17.0 Å². The van der Waals surface area contributed by atoms with Crippen LogP contribution in [0.1, 0.15) is 17.3 Å². The number of esters is 1. The van der Waals surface area contributed by atoms with E-state index in [4.69, 9.17) is 9.84 Å². The van der Waals surface area contributed by atoms with Gasteiger partial charge in [-0.05, 0) is 18.4 Å². The van der Waals surface area contributed by atoms with E-state index in [2.05, 4.69) is 6.58 Å². The minimum absolute atomic E-state index is 0.0479. The lowest BCUT2D eigenvalue weighted by molar-refractivity contribution is -0.130. The van der Waals surface area contributed by atoms with Crippen LogP contribution in [0.3, 0.4) is 0 Å². The topological polar surface area (TPSA) is 63.6 Å². The molecule has 2 rings (SSSR count). The minimum Gasteiger partial charge on any atom is -0.478 e. The molecule has 96 valence electrons. The number of carbonyl (C=O) groups excluding carboxylic acids is 1. The van der Waals surface area contributed by atoms with E-state index >= 15 is 0 Å². The fraction of sp³-hybridized carbons (Fsp3) is 0.0667. The lowest BCUT2D eigenvalue weighted by Gasteiger charge is -2.10. The van der Waals surface area contributed by atoms with Crippen LogP contribution in [0, 0.1) is 0 Å². The fourth-order valence-corrected chi connectivity index (χ4v) is 1.70. The van der Waals surface area contributed by atoms with Crippen LogP contribution in [0.2, 0.25) is 0 Å². The number of ether oxygens (including phenoxy) is 1. The first-order valence-electron chi connectivity index (χ1n) is 5.63. The van der Waals surface area contributed by atoms with E-state index in [0.717, 1.165) is 5.39 Å². The molecule has 0 aliphatic heterocycles. The Hall–Kier alpha value is -2.62. The Kier molecular flexibility index (Phi) is 3.33. The van der Waals surface area contributed by atoms with Crippen LogP contribution in [-0.2, 0) is 4.79 Å². The molecular formula is C15H12O4. The van der Waals surface area contributed by atoms with Crippen LogP contribution in [0.5, 0.6) is 5.75 Å². The Morgan fingerprint density at radius 1 is 1.16 bits per heavy atom. The van der Waals surface area contributed by atoms with E-state index in [1.807, 2.05) is 12.1 Å². The van der Waals surface area contributed by atoms with E-state index in [1.165, 1.54) is 13.0 Å². The summed E-state index contributed by atoms with van der Waals surface area (Å²) >= 11 is 0. The zero-order chi connectivity index (χ0) is 14.0. The van der Waals surface area contributed by atoms with Gasteiger partial charge in [0, 0.05) is 11.0 Å². The van der Waals surface area contributed by atoms with Gasteiger partial charge < -0.3 is 9.84 Å². The summed E-state index contributed by atoms with van der Waals surface area (Å²) in [5.74, 6) is -1.73. The molecule has 0 unspecified atom stereocenters. The fourth-order valence-electron chi connectivity index (χ4n) is 1.70. The molecule has 1 N–H and O–H groups in total. The van der Waals surface area contributed by atoms with Crippen LogP contribution >= 0.6 is 0 Å². The zero-order valence-electron chi connectivity index (χ0n) is 10.3. The third kappa shape index (κ3) is 2.47. The summed E-state index contributed by atoms with van der Waals surface area (Å²) in [6.07, 6.45) is 0. The number of carbonyl (C=O) groups is 2. The Labute approximate surface area is 109 Å². The number of carboxylic acid groups (broad SMARTS) is 1. The van der Waals surface area contributed by atoms with Gasteiger partial charge in [0.25, 0.3) is 0 Å². The number of aromatic carboxylic acids is 1. The number of carboxylic acids is 1. The van der Waals surface area contributed by atoms with E-state index in [0.29, 0.717) is 5.39 Å². The molecule has 4 nitrogen and oxygen atoms in total. The largest absolute Gasteiger partial charge is 0.478 e. The summed E-state index contributed by atoms with van der Waals surface area (Å²) in [4.78, 5) is 22.8. The maximum atomic E-state index is 11.6. The van der Waals surface area contributed by atoms with Gasteiger partial charge >= 0.3 is 11.9 Å². The van der Waals surface area contributed by atoms with E-state index in [-0.39, 0.29) is 16.9 Å². The highest BCUT2D eigenvalue weighted by Gasteiger charge is 2.17. The van der Waals surface area contributed by atoms with Crippen molar-refractivity contribution < 1.29 is 19.4 Å². The minimum atomic E-state index is -1.14. The standard InChI is InChI=1S/C15H12O4/c1-9(2)15(18)19-13-11-6-4-3-5-10(11)7-8-12(13)14(16)17/h3-8H,1H2,2H3,(H,16,17). The summed E-state index contributed by atoms with van der Waals surface area (Å²) in [6.45, 7) is 4.99. The number of benzene rings is 2.